The van der Waals surface area contributed by atoms with Crippen molar-refractivity contribution in [2.24, 2.45) is 42.3 Å². The molecule has 3 aromatic carbocycles. The largest absolute Gasteiger partial charge is 0.452 e. The average molecular weight is 1550 g/mol. The van der Waals surface area contributed by atoms with Gasteiger partial charge in [0.2, 0.25) is 11.6 Å². The molecule has 113 heavy (non-hydrogen) atoms. The average Bonchev–Trinajstić information content (AvgIpc) is 1.60. The summed E-state index contributed by atoms with van der Waals surface area (Å²) in [5.74, 6) is -0.807. The number of amides is 2. The van der Waals surface area contributed by atoms with E-state index < -0.39 is 23.8 Å². The number of aryl methyl sites for hydroxylation is 6. The number of benzene rings is 3. The predicted molar refractivity (Wildman–Crippen MR) is 418 cm³/mol. The lowest BCUT2D eigenvalue weighted by molar-refractivity contribution is -0.00710. The summed E-state index contributed by atoms with van der Waals surface area (Å²) in [5, 5.41) is 47.4. The second-order valence-corrected chi connectivity index (χ2v) is 28.6. The van der Waals surface area contributed by atoms with Crippen LogP contribution in [0.25, 0.3) is 88.6 Å². The van der Waals surface area contributed by atoms with E-state index in [-0.39, 0.29) is 66.9 Å². The zero-order chi connectivity index (χ0) is 79.6. The molecule has 0 aliphatic carbocycles. The molecule has 0 bridgehead atoms. The lowest BCUT2D eigenvalue weighted by Crippen LogP contribution is -2.46. The Morgan fingerprint density at radius 2 is 0.903 bits per heavy atom. The lowest BCUT2D eigenvalue weighted by Gasteiger charge is -2.36. The number of anilines is 2. The smallest absolute Gasteiger partial charge is 0.414 e. The molecule has 0 N–H and O–H groups in total. The van der Waals surface area contributed by atoms with E-state index in [2.05, 4.69) is 61.6 Å². The molecule has 16 rings (SSSR count). The Kier molecular flexibility index (Phi) is 22.6. The van der Waals surface area contributed by atoms with E-state index in [0.717, 1.165) is 53.3 Å². The molecule has 10 aromatic heterocycles. The van der Waals surface area contributed by atoms with E-state index in [4.69, 9.17) is 48.5 Å². The van der Waals surface area contributed by atoms with E-state index in [1.165, 1.54) is 17.1 Å². The summed E-state index contributed by atoms with van der Waals surface area (Å²) in [5.41, 5.74) is 9.76. The summed E-state index contributed by atoms with van der Waals surface area (Å²) in [4.78, 5) is 76.0. The van der Waals surface area contributed by atoms with Crippen molar-refractivity contribution in [3.63, 3.8) is 0 Å². The van der Waals surface area contributed by atoms with Gasteiger partial charge >= 0.3 is 17.9 Å². The monoisotopic (exact) mass is 1550 g/mol. The number of rotatable bonds is 18. The molecule has 0 radical (unpaired) electrons. The van der Waals surface area contributed by atoms with Gasteiger partial charge in [0.15, 0.2) is 17.1 Å². The van der Waals surface area contributed by atoms with Crippen LogP contribution in [0.15, 0.2) is 129 Å². The zero-order valence-corrected chi connectivity index (χ0v) is 65.2. The van der Waals surface area contributed by atoms with Crippen LogP contribution in [0.4, 0.5) is 21.0 Å². The van der Waals surface area contributed by atoms with Crippen LogP contribution in [0.3, 0.4) is 0 Å². The molecule has 13 heterocycles. The topological polar surface area (TPSA) is 350 Å². The van der Waals surface area contributed by atoms with Crippen molar-refractivity contribution in [1.82, 2.24) is 68.2 Å². The Labute approximate surface area is 653 Å². The van der Waals surface area contributed by atoms with Crippen molar-refractivity contribution in [3.05, 3.63) is 160 Å². The number of carbonyl (C=O) groups is 4. The van der Waals surface area contributed by atoms with E-state index in [0.29, 0.717) is 152 Å². The zero-order valence-electron chi connectivity index (χ0n) is 64.5. The number of ketones is 2. The molecule has 3 aliphatic rings. The maximum atomic E-state index is 13.8. The molecule has 0 saturated carbocycles. The SMILES string of the molecule is CCOC(=O)N(c1c(C(=O)c2cnn(C)c2)oc2cc(C#N)c(-c3cnn(C)c3)cc12)[C@H]1CCO[C@@H](CC)C1.CCOC(=O)N(c1c(C(=O)c2cnn(C)c2)oc2cc(Cl)c(-c3cnn(C)c3)cc12)[C@H]1CCO[C@@H](CC)C1.CC[C@H]1C[C@@H](n2c(=O)nc(-c3cnn(C)c3)c3oc4cc(C#N)c(-c5cnn(C)c5)cc4c32)CCO1. The Bertz CT molecular complexity index is 5910. The first-order chi connectivity index (χ1) is 54.6. The standard InChI is InChI=1S/C28H30N6O5.C27H30ClN5O5.C26H25N7O3/c1-5-21-10-20(7-8-38-21)34(28(36)37-6-2)25-23-11-22(18-13-30-32(3)15-18)17(12-29)9-24(23)39-27(25)26(35)19-14-31-33(4)16-19;1-5-19-9-18(7-8-37-19)33(27(35)36-6-2)24-21-10-20(16-12-29-31(3)14-16)22(28)11-23(21)38-26(24)25(34)17-13-30-32(4)15-17;1-4-19-8-18(5-6-35-19)33-24-21-9-20(16-11-28-31(2)13-16)15(10-27)7-22(21)36-25(24)23(30-26(33)34)17-12-29-32(3)14-17/h9,11,13-16,20-21H,5-8,10H2,1-4H3;10-15,18-19H,5-9H2,1-4H3;7,9,11-14,18-19H,4-6,8H2,1-3H3/t20-,21-;2*18-,19-/m000/s1. The lowest BCUT2D eigenvalue weighted by atomic mass is 9.97. The highest BCUT2D eigenvalue weighted by atomic mass is 35.5. The number of halogens is 1. The molecule has 31 nitrogen and oxygen atoms in total. The van der Waals surface area contributed by atoms with Gasteiger partial charge in [-0.2, -0.15) is 46.1 Å². The molecule has 13 aromatic rings. The Morgan fingerprint density at radius 1 is 0.504 bits per heavy atom. The molecule has 0 spiro atoms. The second kappa shape index (κ2) is 33.0. The Hall–Kier alpha value is -12.3. The number of nitriles is 2. The van der Waals surface area contributed by atoms with Crippen molar-refractivity contribution < 1.29 is 56.1 Å². The van der Waals surface area contributed by atoms with Gasteiger partial charge in [-0.1, -0.05) is 32.4 Å². The summed E-state index contributed by atoms with van der Waals surface area (Å²) < 4.78 is 58.9. The fourth-order valence-corrected chi connectivity index (χ4v) is 15.5. The van der Waals surface area contributed by atoms with Gasteiger partial charge in [0.05, 0.1) is 108 Å². The Balaban J connectivity index is 0.000000141. The minimum Gasteiger partial charge on any atom is -0.452 e. The summed E-state index contributed by atoms with van der Waals surface area (Å²) in [6.45, 7) is 11.6. The predicted octanol–water partition coefficient (Wildman–Crippen LogP) is 13.9. The first-order valence-corrected chi connectivity index (χ1v) is 38.0. The third-order valence-corrected chi connectivity index (χ3v) is 21.0. The van der Waals surface area contributed by atoms with Crippen molar-refractivity contribution in [3.8, 4) is 56.8 Å². The van der Waals surface area contributed by atoms with Crippen LogP contribution in [0, 0.1) is 22.7 Å². The van der Waals surface area contributed by atoms with Crippen LogP contribution in [0.1, 0.15) is 142 Å². The van der Waals surface area contributed by atoms with Crippen LogP contribution in [0.2, 0.25) is 5.02 Å². The van der Waals surface area contributed by atoms with Crippen LogP contribution in [-0.4, -0.2) is 155 Å². The highest BCUT2D eigenvalue weighted by molar-refractivity contribution is 6.34. The number of nitrogens with zero attached hydrogens (tertiary/aromatic N) is 18. The summed E-state index contributed by atoms with van der Waals surface area (Å²) >= 11 is 6.67. The summed E-state index contributed by atoms with van der Waals surface area (Å²) in [6.07, 6.45) is 25.4. The van der Waals surface area contributed by atoms with Gasteiger partial charge in [0, 0.05) is 179 Å². The fourth-order valence-electron chi connectivity index (χ4n) is 15.2. The normalized spacial score (nSPS) is 17.6. The fraction of sp³-hybridized carbons (Fsp3) is 0.383. The number of hydrogen-bond donors (Lipinski definition) is 0. The molecule has 584 valence electrons. The van der Waals surface area contributed by atoms with E-state index in [1.54, 1.807) is 140 Å². The van der Waals surface area contributed by atoms with Crippen LogP contribution >= 0.6 is 11.6 Å². The molecular formula is C81H85ClN18O13. The highest BCUT2D eigenvalue weighted by Crippen LogP contribution is 2.46. The van der Waals surface area contributed by atoms with Crippen molar-refractivity contribution in [2.75, 3.05) is 42.8 Å². The number of furan rings is 3. The number of aromatic nitrogens is 14. The van der Waals surface area contributed by atoms with Crippen molar-refractivity contribution >= 4 is 90.7 Å². The summed E-state index contributed by atoms with van der Waals surface area (Å²) in [6, 6.07) is 14.4. The number of carbonyl (C=O) groups excluding carboxylic acids is 4. The molecule has 3 saturated heterocycles. The molecule has 6 atom stereocenters. The molecule has 2 amide bonds. The molecule has 3 aliphatic heterocycles. The van der Waals surface area contributed by atoms with Crippen molar-refractivity contribution in [2.45, 2.75) is 129 Å². The molecule has 0 unspecified atom stereocenters. The van der Waals surface area contributed by atoms with Gasteiger partial charge < -0.3 is 36.9 Å². The first-order valence-electron chi connectivity index (χ1n) is 37.6. The van der Waals surface area contributed by atoms with Gasteiger partial charge in [0.25, 0.3) is 0 Å². The van der Waals surface area contributed by atoms with Crippen molar-refractivity contribution in [1.29, 1.82) is 10.5 Å². The van der Waals surface area contributed by atoms with Crippen LogP contribution < -0.4 is 15.5 Å². The van der Waals surface area contributed by atoms with Gasteiger partial charge in [-0.15, -0.1) is 0 Å². The third-order valence-electron chi connectivity index (χ3n) is 20.7. The number of ether oxygens (including phenoxy) is 5. The van der Waals surface area contributed by atoms with Gasteiger partial charge in [-0.3, -0.25) is 52.0 Å². The number of fused-ring (bicyclic) bond motifs is 5. The highest BCUT2D eigenvalue weighted by Gasteiger charge is 2.41. The van der Waals surface area contributed by atoms with E-state index in [9.17, 15) is 34.5 Å². The quantitative estimate of drug-likeness (QED) is 0.0720. The minimum atomic E-state index is -0.575. The van der Waals surface area contributed by atoms with Crippen LogP contribution in [0.5, 0.6) is 0 Å². The Morgan fingerprint density at radius 3 is 1.33 bits per heavy atom. The molecular weight excluding hydrogens is 1470 g/mol. The maximum absolute atomic E-state index is 13.8. The van der Waals surface area contributed by atoms with Gasteiger partial charge in [-0.25, -0.2) is 14.4 Å². The second-order valence-electron chi connectivity index (χ2n) is 28.2. The minimum absolute atomic E-state index is 0.0123. The molecule has 32 heteroatoms. The van der Waals surface area contributed by atoms with Crippen LogP contribution in [-0.2, 0) is 66.0 Å². The first kappa shape index (κ1) is 77.4. The van der Waals surface area contributed by atoms with E-state index >= 15 is 0 Å². The van der Waals surface area contributed by atoms with Gasteiger partial charge in [0.1, 0.15) is 39.3 Å². The third kappa shape index (κ3) is 15.5. The van der Waals surface area contributed by atoms with E-state index in [1.807, 2.05) is 58.8 Å². The summed E-state index contributed by atoms with van der Waals surface area (Å²) in [7, 11) is 10.7. The van der Waals surface area contributed by atoms with Gasteiger partial charge in [-0.05, 0) is 102 Å². The maximum Gasteiger partial charge on any atom is 0.414 e. The number of hydrogen-bond acceptors (Lipinski definition) is 22. The molecule has 3 fully saturated rings.